The number of amides is 2. The van der Waals surface area contributed by atoms with Crippen LogP contribution in [-0.4, -0.2) is 25.0 Å². The van der Waals surface area contributed by atoms with E-state index in [0.717, 1.165) is 17.7 Å². The Balaban J connectivity index is 1.38. The SMILES string of the molecule is CC(NC(=O)c1ccc(NC(=O)c2cccs2)cc1)c1ccc2c(c1)OCCCO2. The Morgan fingerprint density at radius 3 is 2.47 bits per heavy atom. The molecule has 2 N–H and O–H groups in total. The summed E-state index contributed by atoms with van der Waals surface area (Å²) in [6, 6.07) is 15.9. The molecule has 2 amide bonds. The van der Waals surface area contributed by atoms with Gasteiger partial charge in [-0.05, 0) is 60.3 Å². The van der Waals surface area contributed by atoms with Gasteiger partial charge in [-0.25, -0.2) is 0 Å². The molecule has 1 aliphatic heterocycles. The van der Waals surface area contributed by atoms with Gasteiger partial charge in [0, 0.05) is 17.7 Å². The second-order valence-corrected chi connectivity index (χ2v) is 7.91. The van der Waals surface area contributed by atoms with Gasteiger partial charge in [-0.15, -0.1) is 11.3 Å². The van der Waals surface area contributed by atoms with Crippen LogP contribution in [0.1, 0.15) is 45.0 Å². The number of thiophene rings is 1. The summed E-state index contributed by atoms with van der Waals surface area (Å²) in [6.07, 6.45) is 0.847. The summed E-state index contributed by atoms with van der Waals surface area (Å²) in [5.74, 6) is 1.09. The fourth-order valence-corrected chi connectivity index (χ4v) is 3.74. The molecule has 30 heavy (non-hydrogen) atoms. The summed E-state index contributed by atoms with van der Waals surface area (Å²) >= 11 is 1.38. The molecule has 2 aromatic carbocycles. The van der Waals surface area contributed by atoms with Crippen LogP contribution in [0.3, 0.4) is 0 Å². The van der Waals surface area contributed by atoms with Gasteiger partial charge in [0.05, 0.1) is 24.1 Å². The van der Waals surface area contributed by atoms with E-state index in [2.05, 4.69) is 10.6 Å². The fourth-order valence-electron chi connectivity index (χ4n) is 3.12. The average molecular weight is 423 g/mol. The van der Waals surface area contributed by atoms with Gasteiger partial charge >= 0.3 is 0 Å². The third kappa shape index (κ3) is 4.63. The minimum Gasteiger partial charge on any atom is -0.490 e. The van der Waals surface area contributed by atoms with Crippen LogP contribution in [0.15, 0.2) is 60.0 Å². The van der Waals surface area contributed by atoms with Crippen LogP contribution in [0.25, 0.3) is 0 Å². The largest absolute Gasteiger partial charge is 0.490 e. The summed E-state index contributed by atoms with van der Waals surface area (Å²) in [6.45, 7) is 3.18. The molecule has 0 bridgehead atoms. The van der Waals surface area contributed by atoms with Crippen LogP contribution in [0.4, 0.5) is 5.69 Å². The summed E-state index contributed by atoms with van der Waals surface area (Å²) < 4.78 is 11.4. The predicted molar refractivity (Wildman–Crippen MR) is 117 cm³/mol. The topological polar surface area (TPSA) is 76.7 Å². The number of carbonyl (C=O) groups excluding carboxylic acids is 2. The van der Waals surface area contributed by atoms with E-state index in [1.165, 1.54) is 11.3 Å². The molecule has 1 aromatic heterocycles. The Bertz CT molecular complexity index is 1030. The molecule has 1 atom stereocenters. The number of ether oxygens (including phenoxy) is 2. The first-order valence-corrected chi connectivity index (χ1v) is 10.6. The van der Waals surface area contributed by atoms with Crippen molar-refractivity contribution in [3.8, 4) is 11.5 Å². The third-order valence-corrected chi connectivity index (χ3v) is 5.64. The highest BCUT2D eigenvalue weighted by molar-refractivity contribution is 7.12. The Hall–Kier alpha value is -3.32. The molecule has 0 fully saturated rings. The Morgan fingerprint density at radius 1 is 0.967 bits per heavy atom. The quantitative estimate of drug-likeness (QED) is 0.627. The molecule has 1 unspecified atom stereocenters. The van der Waals surface area contributed by atoms with E-state index in [0.29, 0.717) is 35.1 Å². The molecule has 1 aliphatic rings. The van der Waals surface area contributed by atoms with Gasteiger partial charge in [0.1, 0.15) is 0 Å². The van der Waals surface area contributed by atoms with Crippen molar-refractivity contribution in [3.05, 3.63) is 76.0 Å². The molecule has 0 radical (unpaired) electrons. The number of carbonyl (C=O) groups is 2. The van der Waals surface area contributed by atoms with Crippen molar-refractivity contribution >= 4 is 28.8 Å². The van der Waals surface area contributed by atoms with Crippen LogP contribution in [0, 0.1) is 0 Å². The van der Waals surface area contributed by atoms with Gasteiger partial charge < -0.3 is 20.1 Å². The van der Waals surface area contributed by atoms with Crippen LogP contribution >= 0.6 is 11.3 Å². The highest BCUT2D eigenvalue weighted by Gasteiger charge is 2.16. The van der Waals surface area contributed by atoms with E-state index in [1.807, 2.05) is 36.6 Å². The monoisotopic (exact) mass is 422 g/mol. The molecular weight excluding hydrogens is 400 g/mol. The number of nitrogens with one attached hydrogen (secondary N) is 2. The van der Waals surface area contributed by atoms with Crippen LogP contribution < -0.4 is 20.1 Å². The zero-order valence-electron chi connectivity index (χ0n) is 16.5. The van der Waals surface area contributed by atoms with E-state index < -0.39 is 0 Å². The van der Waals surface area contributed by atoms with E-state index >= 15 is 0 Å². The minimum absolute atomic E-state index is 0.162. The average Bonchev–Trinajstić information content (AvgIpc) is 3.20. The van der Waals surface area contributed by atoms with Gasteiger partial charge in [-0.3, -0.25) is 9.59 Å². The third-order valence-electron chi connectivity index (χ3n) is 4.77. The number of benzene rings is 2. The first-order valence-electron chi connectivity index (χ1n) is 9.75. The number of anilines is 1. The lowest BCUT2D eigenvalue weighted by molar-refractivity contribution is 0.0939. The van der Waals surface area contributed by atoms with E-state index in [1.54, 1.807) is 30.3 Å². The molecular formula is C23H22N2O4S. The van der Waals surface area contributed by atoms with Gasteiger partial charge in [-0.1, -0.05) is 12.1 Å². The number of hydrogen-bond donors (Lipinski definition) is 2. The first kappa shape index (κ1) is 20.0. The van der Waals surface area contributed by atoms with Gasteiger partial charge in [0.15, 0.2) is 11.5 Å². The molecule has 4 rings (SSSR count). The van der Waals surface area contributed by atoms with Crippen LogP contribution in [0.5, 0.6) is 11.5 Å². The first-order chi connectivity index (χ1) is 14.6. The second-order valence-electron chi connectivity index (χ2n) is 6.96. The Labute approximate surface area is 178 Å². The van der Waals surface area contributed by atoms with Crippen LogP contribution in [-0.2, 0) is 0 Å². The van der Waals surface area contributed by atoms with Gasteiger partial charge in [-0.2, -0.15) is 0 Å². The number of rotatable bonds is 5. The molecule has 0 spiro atoms. The lowest BCUT2D eigenvalue weighted by Gasteiger charge is -2.16. The van der Waals surface area contributed by atoms with Gasteiger partial charge in [0.2, 0.25) is 0 Å². The molecule has 2 heterocycles. The van der Waals surface area contributed by atoms with Crippen molar-refractivity contribution in [1.29, 1.82) is 0 Å². The van der Waals surface area contributed by atoms with Crippen molar-refractivity contribution in [3.63, 3.8) is 0 Å². The normalized spacial score (nSPS) is 13.8. The second kappa shape index (κ2) is 9.00. The molecule has 7 heteroatoms. The highest BCUT2D eigenvalue weighted by atomic mass is 32.1. The van der Waals surface area contributed by atoms with E-state index in [-0.39, 0.29) is 17.9 Å². The summed E-state index contributed by atoms with van der Waals surface area (Å²) in [5.41, 5.74) is 2.10. The lowest BCUT2D eigenvalue weighted by atomic mass is 10.1. The maximum absolute atomic E-state index is 12.6. The fraction of sp³-hybridized carbons (Fsp3) is 0.217. The van der Waals surface area contributed by atoms with E-state index in [9.17, 15) is 9.59 Å². The summed E-state index contributed by atoms with van der Waals surface area (Å²) in [7, 11) is 0. The predicted octanol–water partition coefficient (Wildman–Crippen LogP) is 4.65. The maximum Gasteiger partial charge on any atom is 0.265 e. The number of hydrogen-bond acceptors (Lipinski definition) is 5. The summed E-state index contributed by atoms with van der Waals surface area (Å²) in [4.78, 5) is 25.4. The molecule has 154 valence electrons. The standard InChI is InChI=1S/C23H22N2O4S/c1-15(17-7-10-19-20(14-17)29-12-3-11-28-19)24-22(26)16-5-8-18(9-6-16)25-23(27)21-4-2-13-30-21/h2,4-10,13-15H,3,11-12H2,1H3,(H,24,26)(H,25,27). The highest BCUT2D eigenvalue weighted by Crippen LogP contribution is 2.32. The van der Waals surface area contributed by atoms with E-state index in [4.69, 9.17) is 9.47 Å². The zero-order valence-corrected chi connectivity index (χ0v) is 17.3. The zero-order chi connectivity index (χ0) is 20.9. The van der Waals surface area contributed by atoms with Crippen molar-refractivity contribution < 1.29 is 19.1 Å². The Kier molecular flexibility index (Phi) is 5.99. The summed E-state index contributed by atoms with van der Waals surface area (Å²) in [5, 5.41) is 7.68. The molecule has 0 saturated heterocycles. The van der Waals surface area contributed by atoms with Crippen molar-refractivity contribution in [2.75, 3.05) is 18.5 Å². The molecule has 0 saturated carbocycles. The Morgan fingerprint density at radius 2 is 1.73 bits per heavy atom. The van der Waals surface area contributed by atoms with Crippen LogP contribution in [0.2, 0.25) is 0 Å². The minimum atomic E-state index is -0.201. The van der Waals surface area contributed by atoms with Crippen molar-refractivity contribution in [1.82, 2.24) is 5.32 Å². The molecule has 0 aliphatic carbocycles. The smallest absolute Gasteiger partial charge is 0.265 e. The van der Waals surface area contributed by atoms with Crippen molar-refractivity contribution in [2.24, 2.45) is 0 Å². The maximum atomic E-state index is 12.6. The van der Waals surface area contributed by atoms with Gasteiger partial charge in [0.25, 0.3) is 11.8 Å². The lowest BCUT2D eigenvalue weighted by Crippen LogP contribution is -2.26. The van der Waals surface area contributed by atoms with Crippen molar-refractivity contribution in [2.45, 2.75) is 19.4 Å². The number of fused-ring (bicyclic) bond motifs is 1. The molecule has 6 nitrogen and oxygen atoms in total. The molecule has 3 aromatic rings.